The minimum atomic E-state index is -3.50. The first-order chi connectivity index (χ1) is 15.4. The molecule has 1 N–H and O–H groups in total. The van der Waals surface area contributed by atoms with E-state index >= 15 is 0 Å². The second-order valence-corrected chi connectivity index (χ2v) is 10.8. The highest BCUT2D eigenvalue weighted by Gasteiger charge is 2.22. The number of thioether (sulfide) groups is 1. The lowest BCUT2D eigenvalue weighted by Crippen LogP contribution is -2.30. The van der Waals surface area contributed by atoms with E-state index in [0.717, 1.165) is 16.2 Å². The van der Waals surface area contributed by atoms with Gasteiger partial charge in [-0.15, -0.1) is 23.1 Å². The lowest BCUT2D eigenvalue weighted by atomic mass is 10.1. The van der Waals surface area contributed by atoms with Crippen LogP contribution < -0.4 is 5.32 Å². The standard InChI is InChI=1S/C23H27N3O3S3/c1-4-26(5-2)32(28,29)20-12-10-18(11-13-20)17(3)25-23(27)21-8-6-7-9-22(21)31-15-19-14-30-16-24-19/h6-14,16-17H,4-5,15H2,1-3H3,(H,25,27). The molecular weight excluding hydrogens is 462 g/mol. The third-order valence-electron chi connectivity index (χ3n) is 5.06. The first-order valence-corrected chi connectivity index (χ1v) is 13.7. The zero-order valence-corrected chi connectivity index (χ0v) is 20.8. The van der Waals surface area contributed by atoms with Crippen LogP contribution in [0, 0.1) is 0 Å². The Hall–Kier alpha value is -2.20. The van der Waals surface area contributed by atoms with E-state index in [1.165, 1.54) is 4.31 Å². The van der Waals surface area contributed by atoms with Gasteiger partial charge in [-0.3, -0.25) is 4.79 Å². The van der Waals surface area contributed by atoms with Crippen LogP contribution in [-0.4, -0.2) is 36.7 Å². The molecule has 1 amide bonds. The Morgan fingerprint density at radius 3 is 2.44 bits per heavy atom. The lowest BCUT2D eigenvalue weighted by Gasteiger charge is -2.19. The van der Waals surface area contributed by atoms with Crippen LogP contribution in [0.3, 0.4) is 0 Å². The molecule has 1 heterocycles. The van der Waals surface area contributed by atoms with Gasteiger partial charge in [-0.05, 0) is 36.8 Å². The Bertz CT molecular complexity index is 1130. The lowest BCUT2D eigenvalue weighted by molar-refractivity contribution is 0.0937. The minimum Gasteiger partial charge on any atom is -0.345 e. The van der Waals surface area contributed by atoms with Crippen molar-refractivity contribution in [1.82, 2.24) is 14.6 Å². The monoisotopic (exact) mass is 489 g/mol. The summed E-state index contributed by atoms with van der Waals surface area (Å²) in [6.45, 7) is 6.37. The topological polar surface area (TPSA) is 79.4 Å². The number of rotatable bonds is 10. The summed E-state index contributed by atoms with van der Waals surface area (Å²) < 4.78 is 26.8. The number of sulfonamides is 1. The van der Waals surface area contributed by atoms with Gasteiger partial charge in [-0.1, -0.05) is 38.1 Å². The van der Waals surface area contributed by atoms with Crippen molar-refractivity contribution in [3.8, 4) is 0 Å². The predicted octanol–water partition coefficient (Wildman–Crippen LogP) is 4.96. The number of nitrogens with zero attached hydrogens (tertiary/aromatic N) is 2. The number of amides is 1. The van der Waals surface area contributed by atoms with Gasteiger partial charge in [0.2, 0.25) is 10.0 Å². The fourth-order valence-corrected chi connectivity index (χ4v) is 6.31. The molecule has 1 atom stereocenters. The predicted molar refractivity (Wildman–Crippen MR) is 131 cm³/mol. The highest BCUT2D eigenvalue weighted by Crippen LogP contribution is 2.27. The molecule has 1 unspecified atom stereocenters. The first-order valence-electron chi connectivity index (χ1n) is 10.4. The van der Waals surface area contributed by atoms with Crippen molar-refractivity contribution in [3.63, 3.8) is 0 Å². The summed E-state index contributed by atoms with van der Waals surface area (Å²) in [6, 6.07) is 13.9. The van der Waals surface area contributed by atoms with Crippen LogP contribution in [0.25, 0.3) is 0 Å². The molecule has 0 bridgehead atoms. The van der Waals surface area contributed by atoms with E-state index in [-0.39, 0.29) is 16.8 Å². The van der Waals surface area contributed by atoms with Crippen LogP contribution in [0.1, 0.15) is 48.4 Å². The third kappa shape index (κ3) is 5.78. The number of thiazole rings is 1. The van der Waals surface area contributed by atoms with Gasteiger partial charge in [0.25, 0.3) is 5.91 Å². The molecule has 0 radical (unpaired) electrons. The van der Waals surface area contributed by atoms with E-state index in [9.17, 15) is 13.2 Å². The fourth-order valence-electron chi connectivity index (χ4n) is 3.24. The van der Waals surface area contributed by atoms with Crippen molar-refractivity contribution in [3.05, 3.63) is 76.2 Å². The third-order valence-corrected chi connectivity index (χ3v) is 8.87. The van der Waals surface area contributed by atoms with Crippen molar-refractivity contribution in [2.45, 2.75) is 42.4 Å². The largest absolute Gasteiger partial charge is 0.345 e. The van der Waals surface area contributed by atoms with Crippen molar-refractivity contribution >= 4 is 39.0 Å². The molecule has 0 saturated heterocycles. The van der Waals surface area contributed by atoms with Crippen LogP contribution in [0.2, 0.25) is 0 Å². The molecule has 2 aromatic carbocycles. The highest BCUT2D eigenvalue weighted by atomic mass is 32.2. The number of carbonyl (C=O) groups is 1. The zero-order chi connectivity index (χ0) is 23.1. The molecule has 3 rings (SSSR count). The average molecular weight is 490 g/mol. The fraction of sp³-hybridized carbons (Fsp3) is 0.304. The Morgan fingerprint density at radius 2 is 1.81 bits per heavy atom. The number of hydrogen-bond acceptors (Lipinski definition) is 6. The van der Waals surface area contributed by atoms with Gasteiger partial charge >= 0.3 is 0 Å². The summed E-state index contributed by atoms with van der Waals surface area (Å²) in [4.78, 5) is 18.4. The van der Waals surface area contributed by atoms with E-state index < -0.39 is 10.0 Å². The maximum absolute atomic E-state index is 13.0. The summed E-state index contributed by atoms with van der Waals surface area (Å²) in [7, 11) is -3.50. The molecular formula is C23H27N3O3S3. The molecule has 1 aromatic heterocycles. The average Bonchev–Trinajstić information content (AvgIpc) is 3.32. The molecule has 0 aliphatic carbocycles. The number of aromatic nitrogens is 1. The molecule has 3 aromatic rings. The minimum absolute atomic E-state index is 0.168. The van der Waals surface area contributed by atoms with Gasteiger partial charge in [0, 0.05) is 29.1 Å². The molecule has 9 heteroatoms. The molecule has 0 aliphatic heterocycles. The van der Waals surface area contributed by atoms with Crippen LogP contribution in [-0.2, 0) is 15.8 Å². The Kier molecular flexibility index (Phi) is 8.47. The summed E-state index contributed by atoms with van der Waals surface area (Å²) in [5.74, 6) is 0.532. The van der Waals surface area contributed by atoms with Gasteiger partial charge in [-0.2, -0.15) is 4.31 Å². The van der Waals surface area contributed by atoms with Crippen LogP contribution in [0.15, 0.2) is 69.2 Å². The number of hydrogen-bond donors (Lipinski definition) is 1. The van der Waals surface area contributed by atoms with Crippen molar-refractivity contribution in [2.24, 2.45) is 0 Å². The molecule has 0 saturated carbocycles. The van der Waals surface area contributed by atoms with E-state index in [0.29, 0.717) is 24.4 Å². The van der Waals surface area contributed by atoms with Gasteiger partial charge in [-0.25, -0.2) is 13.4 Å². The summed E-state index contributed by atoms with van der Waals surface area (Å²) in [6.07, 6.45) is 0. The molecule has 170 valence electrons. The zero-order valence-electron chi connectivity index (χ0n) is 18.3. The maximum Gasteiger partial charge on any atom is 0.252 e. The summed E-state index contributed by atoms with van der Waals surface area (Å²) >= 11 is 3.13. The van der Waals surface area contributed by atoms with E-state index in [2.05, 4.69) is 10.3 Å². The Labute approximate surface area is 198 Å². The van der Waals surface area contributed by atoms with E-state index in [1.54, 1.807) is 52.9 Å². The van der Waals surface area contributed by atoms with Crippen LogP contribution in [0.4, 0.5) is 0 Å². The molecule has 0 fully saturated rings. The van der Waals surface area contributed by atoms with Gasteiger partial charge in [0.15, 0.2) is 0 Å². The second-order valence-electron chi connectivity index (χ2n) is 7.12. The summed E-state index contributed by atoms with van der Waals surface area (Å²) in [5, 5.41) is 5.03. The number of benzene rings is 2. The van der Waals surface area contributed by atoms with Gasteiger partial charge in [0.1, 0.15) is 0 Å². The van der Waals surface area contributed by atoms with Crippen LogP contribution >= 0.6 is 23.1 Å². The quantitative estimate of drug-likeness (QED) is 0.407. The van der Waals surface area contributed by atoms with Gasteiger partial charge in [0.05, 0.1) is 27.7 Å². The van der Waals surface area contributed by atoms with E-state index in [1.807, 2.05) is 50.4 Å². The molecule has 0 spiro atoms. The number of carbonyl (C=O) groups excluding carboxylic acids is 1. The normalized spacial score (nSPS) is 12.6. The Balaban J connectivity index is 1.70. The molecule has 6 nitrogen and oxygen atoms in total. The van der Waals surface area contributed by atoms with Crippen LogP contribution in [0.5, 0.6) is 0 Å². The SMILES string of the molecule is CCN(CC)S(=O)(=O)c1ccc(C(C)NC(=O)c2ccccc2SCc2cscn2)cc1. The first kappa shape index (κ1) is 24.4. The summed E-state index contributed by atoms with van der Waals surface area (Å²) in [5.41, 5.74) is 4.24. The Morgan fingerprint density at radius 1 is 1.12 bits per heavy atom. The molecule has 32 heavy (non-hydrogen) atoms. The number of nitrogens with one attached hydrogen (secondary N) is 1. The van der Waals surface area contributed by atoms with E-state index in [4.69, 9.17) is 0 Å². The smallest absolute Gasteiger partial charge is 0.252 e. The van der Waals surface area contributed by atoms with Crippen molar-refractivity contribution < 1.29 is 13.2 Å². The second kappa shape index (κ2) is 11.1. The van der Waals surface area contributed by atoms with Crippen molar-refractivity contribution in [2.75, 3.05) is 13.1 Å². The van der Waals surface area contributed by atoms with Gasteiger partial charge < -0.3 is 5.32 Å². The maximum atomic E-state index is 13.0. The molecule has 0 aliphatic rings. The van der Waals surface area contributed by atoms with Crippen molar-refractivity contribution in [1.29, 1.82) is 0 Å². The highest BCUT2D eigenvalue weighted by molar-refractivity contribution is 7.98.